The summed E-state index contributed by atoms with van der Waals surface area (Å²) in [5.74, 6) is 0. The van der Waals surface area contributed by atoms with Crippen LogP contribution in [0.1, 0.15) is 54.4 Å². The zero-order chi connectivity index (χ0) is 12.8. The van der Waals surface area contributed by atoms with Crippen molar-refractivity contribution < 1.29 is 0 Å². The normalized spacial score (nSPS) is 10.4. The van der Waals surface area contributed by atoms with Crippen LogP contribution in [0.25, 0.3) is 12.2 Å². The van der Waals surface area contributed by atoms with Gasteiger partial charge in [0, 0.05) is 12.4 Å². The van der Waals surface area contributed by atoms with Crippen LogP contribution in [0.5, 0.6) is 0 Å². The van der Waals surface area contributed by atoms with Gasteiger partial charge in [-0.05, 0) is 12.8 Å². The van der Waals surface area contributed by atoms with Crippen molar-refractivity contribution in [3.8, 4) is 0 Å². The quantitative estimate of drug-likeness (QED) is 0.674. The Morgan fingerprint density at radius 2 is 1.00 bits per heavy atom. The molecule has 0 fully saturated rings. The van der Waals surface area contributed by atoms with Gasteiger partial charge >= 0.3 is 0 Å². The van der Waals surface area contributed by atoms with E-state index in [4.69, 9.17) is 0 Å². The second-order valence-electron chi connectivity index (χ2n) is 2.31. The Kier molecular flexibility index (Phi) is 14.9. The van der Waals surface area contributed by atoms with Gasteiger partial charge in [-0.3, -0.25) is 9.97 Å². The molecule has 2 nitrogen and oxygen atoms in total. The Hall–Kier alpha value is -1.18. The lowest BCUT2D eigenvalue weighted by molar-refractivity contribution is 1.02. The molecule has 92 valence electrons. The highest BCUT2D eigenvalue weighted by molar-refractivity contribution is 5.32. The van der Waals surface area contributed by atoms with E-state index in [2.05, 4.69) is 22.1 Å². The molecule has 0 bridgehead atoms. The summed E-state index contributed by atoms with van der Waals surface area (Å²) in [7, 11) is 0. The largest absolute Gasteiger partial charge is 0.253 e. The third kappa shape index (κ3) is 6.33. The van der Waals surface area contributed by atoms with Crippen molar-refractivity contribution >= 4 is 12.2 Å². The van der Waals surface area contributed by atoms with Gasteiger partial charge in [-0.15, -0.1) is 0 Å². The minimum atomic E-state index is 1.04. The Bertz CT molecular complexity index is 307. The van der Waals surface area contributed by atoms with Crippen molar-refractivity contribution in [1.82, 2.24) is 9.97 Å². The Balaban J connectivity index is 0. The first-order valence-electron chi connectivity index (χ1n) is 6.44. The molecule has 0 radical (unpaired) electrons. The molecule has 2 heteroatoms. The molecule has 0 atom stereocenters. The second kappa shape index (κ2) is 13.8. The first-order chi connectivity index (χ1) is 7.97. The lowest BCUT2D eigenvalue weighted by atomic mass is 10.2. The third-order valence-electron chi connectivity index (χ3n) is 1.60. The van der Waals surface area contributed by atoms with Crippen LogP contribution in [-0.4, -0.2) is 9.97 Å². The zero-order valence-electron chi connectivity index (χ0n) is 11.6. The van der Waals surface area contributed by atoms with Gasteiger partial charge in [0.2, 0.25) is 0 Å². The predicted molar refractivity (Wildman–Crippen MR) is 73.5 cm³/mol. The first kappa shape index (κ1) is 17.2. The van der Waals surface area contributed by atoms with E-state index in [-0.39, 0.29) is 0 Å². The molecule has 1 heterocycles. The van der Waals surface area contributed by atoms with Gasteiger partial charge in [0.1, 0.15) is 0 Å². The molecule has 1 aliphatic rings. The summed E-state index contributed by atoms with van der Waals surface area (Å²) < 4.78 is 0. The standard InChI is InChI=1S/C8H8N2.3C2H6/c1-2-4-8-7(3-1)9-5-6-10-8;3*1-2/h3-6H,1-2H2;3*1-2H3. The molecule has 0 N–H and O–H groups in total. The van der Waals surface area contributed by atoms with E-state index in [1.54, 1.807) is 12.4 Å². The fourth-order valence-electron chi connectivity index (χ4n) is 1.11. The Morgan fingerprint density at radius 3 is 1.31 bits per heavy atom. The zero-order valence-corrected chi connectivity index (χ0v) is 11.6. The minimum Gasteiger partial charge on any atom is -0.253 e. The molecule has 0 aromatic carbocycles. The highest BCUT2D eigenvalue weighted by Gasteiger charge is 1.91. The fourth-order valence-corrected chi connectivity index (χ4v) is 1.11. The van der Waals surface area contributed by atoms with Crippen LogP contribution in [0, 0.1) is 0 Å². The molecule has 0 unspecified atom stereocenters. The Labute approximate surface area is 100 Å². The van der Waals surface area contributed by atoms with Crippen LogP contribution < -0.4 is 10.7 Å². The highest BCUT2D eigenvalue weighted by atomic mass is 14.8. The van der Waals surface area contributed by atoms with Crippen molar-refractivity contribution in [1.29, 1.82) is 0 Å². The number of aromatic nitrogens is 2. The second-order valence-corrected chi connectivity index (χ2v) is 2.31. The van der Waals surface area contributed by atoms with E-state index in [1.165, 1.54) is 0 Å². The molecule has 1 aromatic rings. The van der Waals surface area contributed by atoms with E-state index < -0.39 is 0 Å². The van der Waals surface area contributed by atoms with Gasteiger partial charge in [-0.2, -0.15) is 0 Å². The molecule has 1 aliphatic carbocycles. The molecule has 2 rings (SSSR count). The number of hydrogen-bond donors (Lipinski definition) is 0. The van der Waals surface area contributed by atoms with Crippen LogP contribution in [0.2, 0.25) is 0 Å². The molecular formula is C14H26N2. The number of nitrogens with zero attached hydrogens (tertiary/aromatic N) is 2. The summed E-state index contributed by atoms with van der Waals surface area (Å²) in [6, 6.07) is 0. The lowest BCUT2D eigenvalue weighted by Gasteiger charge is -1.95. The van der Waals surface area contributed by atoms with Crippen molar-refractivity contribution in [3.63, 3.8) is 0 Å². The van der Waals surface area contributed by atoms with Crippen molar-refractivity contribution in [3.05, 3.63) is 23.1 Å². The summed E-state index contributed by atoms with van der Waals surface area (Å²) in [6.45, 7) is 12.0. The van der Waals surface area contributed by atoms with E-state index in [9.17, 15) is 0 Å². The van der Waals surface area contributed by atoms with Gasteiger partial charge < -0.3 is 0 Å². The number of fused-ring (bicyclic) bond motifs is 1. The van der Waals surface area contributed by atoms with Gasteiger partial charge in [-0.25, -0.2) is 0 Å². The number of rotatable bonds is 0. The van der Waals surface area contributed by atoms with E-state index in [0.717, 1.165) is 23.5 Å². The maximum absolute atomic E-state index is 4.17. The minimum absolute atomic E-state index is 1.04. The van der Waals surface area contributed by atoms with Crippen LogP contribution in [0.3, 0.4) is 0 Å². The molecule has 0 saturated heterocycles. The third-order valence-corrected chi connectivity index (χ3v) is 1.60. The average molecular weight is 222 g/mol. The average Bonchev–Trinajstić information content (AvgIpc) is 2.45. The Morgan fingerprint density at radius 1 is 0.688 bits per heavy atom. The van der Waals surface area contributed by atoms with E-state index >= 15 is 0 Å². The SMILES string of the molecule is C1=c2nccnc2=CCC1.CC.CC.CC. The molecule has 1 aromatic heterocycles. The van der Waals surface area contributed by atoms with Crippen molar-refractivity contribution in [2.75, 3.05) is 0 Å². The van der Waals surface area contributed by atoms with E-state index in [0.29, 0.717) is 0 Å². The van der Waals surface area contributed by atoms with Gasteiger partial charge in [-0.1, -0.05) is 53.7 Å². The summed E-state index contributed by atoms with van der Waals surface area (Å²) in [5, 5.41) is 2.07. The lowest BCUT2D eigenvalue weighted by Crippen LogP contribution is -2.32. The van der Waals surface area contributed by atoms with Crippen LogP contribution in [-0.2, 0) is 0 Å². The van der Waals surface area contributed by atoms with Gasteiger partial charge in [0.15, 0.2) is 0 Å². The highest BCUT2D eigenvalue weighted by Crippen LogP contribution is 1.91. The van der Waals surface area contributed by atoms with Gasteiger partial charge in [0.25, 0.3) is 0 Å². The summed E-state index contributed by atoms with van der Waals surface area (Å²) in [6.07, 6.45) is 9.92. The van der Waals surface area contributed by atoms with Crippen LogP contribution >= 0.6 is 0 Å². The molecule has 16 heavy (non-hydrogen) atoms. The monoisotopic (exact) mass is 222 g/mol. The maximum atomic E-state index is 4.17. The molecular weight excluding hydrogens is 196 g/mol. The fraction of sp³-hybridized carbons (Fsp3) is 0.571. The topological polar surface area (TPSA) is 25.8 Å². The van der Waals surface area contributed by atoms with Crippen LogP contribution in [0.15, 0.2) is 12.4 Å². The maximum Gasteiger partial charge on any atom is 0.0843 e. The molecule has 0 amide bonds. The van der Waals surface area contributed by atoms with Gasteiger partial charge in [0.05, 0.1) is 10.7 Å². The summed E-state index contributed by atoms with van der Waals surface area (Å²) in [5.41, 5.74) is 0. The smallest absolute Gasteiger partial charge is 0.0843 e. The first-order valence-corrected chi connectivity index (χ1v) is 6.44. The summed E-state index contributed by atoms with van der Waals surface area (Å²) in [4.78, 5) is 8.34. The van der Waals surface area contributed by atoms with Crippen LogP contribution in [0.4, 0.5) is 0 Å². The van der Waals surface area contributed by atoms with Crippen molar-refractivity contribution in [2.24, 2.45) is 0 Å². The number of hydrogen-bond acceptors (Lipinski definition) is 2. The predicted octanol–water partition coefficient (Wildman–Crippen LogP) is 2.91. The molecule has 0 spiro atoms. The molecule has 0 aliphatic heterocycles. The summed E-state index contributed by atoms with van der Waals surface area (Å²) >= 11 is 0. The van der Waals surface area contributed by atoms with Crippen molar-refractivity contribution in [2.45, 2.75) is 54.4 Å². The van der Waals surface area contributed by atoms with E-state index in [1.807, 2.05) is 41.5 Å². The molecule has 0 saturated carbocycles.